The van der Waals surface area contributed by atoms with Crippen molar-refractivity contribution >= 4 is 21.4 Å². The predicted octanol–water partition coefficient (Wildman–Crippen LogP) is 2.83. The van der Waals surface area contributed by atoms with Gasteiger partial charge in [-0.15, -0.1) is 11.3 Å². The van der Waals surface area contributed by atoms with Gasteiger partial charge in [-0.25, -0.2) is 8.42 Å². The van der Waals surface area contributed by atoms with Crippen LogP contribution >= 0.6 is 11.3 Å². The molecule has 0 radical (unpaired) electrons. The molecule has 0 unspecified atom stereocenters. The minimum absolute atomic E-state index is 0.168. The molecule has 3 aromatic heterocycles. The molecule has 0 aliphatic heterocycles. The fraction of sp³-hybridized carbons (Fsp3) is 0.286. The molecule has 0 atom stereocenters. The topological polar surface area (TPSA) is 89.4 Å². The van der Waals surface area contributed by atoms with Crippen molar-refractivity contribution in [1.29, 1.82) is 0 Å². The molecule has 0 saturated heterocycles. The predicted molar refractivity (Wildman–Crippen MR) is 84.4 cm³/mol. The van der Waals surface area contributed by atoms with E-state index >= 15 is 0 Å². The third kappa shape index (κ3) is 3.07. The summed E-state index contributed by atoms with van der Waals surface area (Å²) in [6, 6.07) is 5.04. The number of sulfonamides is 1. The average Bonchev–Trinajstić information content (AvgIpc) is 3.20. The quantitative estimate of drug-likeness (QED) is 0.701. The summed E-state index contributed by atoms with van der Waals surface area (Å²) in [5, 5.41) is 3.83. The van der Waals surface area contributed by atoms with E-state index in [1.54, 1.807) is 32.0 Å². The highest BCUT2D eigenvalue weighted by molar-refractivity contribution is 7.89. The lowest BCUT2D eigenvalue weighted by Crippen LogP contribution is -2.26. The highest BCUT2D eigenvalue weighted by atomic mass is 32.2. The lowest BCUT2D eigenvalue weighted by atomic mass is 10.4. The summed E-state index contributed by atoms with van der Waals surface area (Å²) >= 11 is 1.32. The van der Waals surface area contributed by atoms with Crippen molar-refractivity contribution in [3.05, 3.63) is 41.0 Å². The largest absolute Gasteiger partial charge is 0.468 e. The van der Waals surface area contributed by atoms with Crippen LogP contribution < -0.4 is 0 Å². The number of nitrogens with zero attached hydrogens (tertiary/aromatic N) is 3. The molecule has 0 amide bonds. The van der Waals surface area contributed by atoms with Crippen LogP contribution in [0.15, 0.2) is 38.3 Å². The van der Waals surface area contributed by atoms with Crippen molar-refractivity contribution in [3.63, 3.8) is 0 Å². The Hall–Kier alpha value is -1.97. The molecular weight excluding hydrogens is 338 g/mol. The standard InChI is InChI=1S/C14H15N3O4S2/c1-9-13(7-12(22-9)14-15-10(2)21-16-14)23(18,19)17(3)8-11-5-4-6-20-11/h4-7H,8H2,1-3H3. The first kappa shape index (κ1) is 15.9. The number of thiophene rings is 1. The van der Waals surface area contributed by atoms with Gasteiger partial charge in [0.15, 0.2) is 0 Å². The lowest BCUT2D eigenvalue weighted by Gasteiger charge is -2.15. The summed E-state index contributed by atoms with van der Waals surface area (Å²) in [7, 11) is -2.11. The Bertz CT molecular complexity index is 910. The Morgan fingerprint density at radius 3 is 2.74 bits per heavy atom. The zero-order valence-electron chi connectivity index (χ0n) is 12.8. The number of rotatable bonds is 5. The van der Waals surface area contributed by atoms with Crippen LogP contribution in [0.1, 0.15) is 16.5 Å². The first-order chi connectivity index (χ1) is 10.9. The van der Waals surface area contributed by atoms with Gasteiger partial charge in [0.2, 0.25) is 21.7 Å². The molecule has 0 aromatic carbocycles. The second-order valence-electron chi connectivity index (χ2n) is 5.01. The molecule has 0 bridgehead atoms. The van der Waals surface area contributed by atoms with E-state index in [1.807, 2.05) is 0 Å². The number of furan rings is 1. The highest BCUT2D eigenvalue weighted by Gasteiger charge is 2.26. The van der Waals surface area contributed by atoms with Crippen LogP contribution in [0.5, 0.6) is 0 Å². The molecule has 3 heterocycles. The van der Waals surface area contributed by atoms with Gasteiger partial charge in [-0.05, 0) is 25.1 Å². The Balaban J connectivity index is 1.92. The molecule has 3 aromatic rings. The summed E-state index contributed by atoms with van der Waals surface area (Å²) in [5.74, 6) is 1.41. The molecule has 0 spiro atoms. The van der Waals surface area contributed by atoms with E-state index in [9.17, 15) is 8.42 Å². The summed E-state index contributed by atoms with van der Waals surface area (Å²) in [4.78, 5) is 5.71. The van der Waals surface area contributed by atoms with E-state index < -0.39 is 10.0 Å². The lowest BCUT2D eigenvalue weighted by molar-refractivity contribution is 0.394. The zero-order valence-corrected chi connectivity index (χ0v) is 14.4. The van der Waals surface area contributed by atoms with Gasteiger partial charge in [-0.3, -0.25) is 0 Å². The number of hydrogen-bond acceptors (Lipinski definition) is 7. The van der Waals surface area contributed by atoms with Gasteiger partial charge in [0, 0.05) is 18.8 Å². The second kappa shape index (κ2) is 5.91. The van der Waals surface area contributed by atoms with E-state index in [2.05, 4.69) is 10.1 Å². The molecule has 122 valence electrons. The van der Waals surface area contributed by atoms with Crippen LogP contribution in [0.2, 0.25) is 0 Å². The highest BCUT2D eigenvalue weighted by Crippen LogP contribution is 2.33. The number of aromatic nitrogens is 2. The SMILES string of the molecule is Cc1nc(-c2cc(S(=O)(=O)N(C)Cc3ccco3)c(C)s2)no1. The monoisotopic (exact) mass is 353 g/mol. The number of hydrogen-bond donors (Lipinski definition) is 0. The minimum Gasteiger partial charge on any atom is -0.468 e. The van der Waals surface area contributed by atoms with E-state index in [0.29, 0.717) is 27.2 Å². The summed E-state index contributed by atoms with van der Waals surface area (Å²) < 4.78 is 36.9. The van der Waals surface area contributed by atoms with Gasteiger partial charge in [0.1, 0.15) is 5.76 Å². The Morgan fingerprint density at radius 1 is 1.35 bits per heavy atom. The maximum atomic E-state index is 12.8. The second-order valence-corrected chi connectivity index (χ2v) is 8.28. The van der Waals surface area contributed by atoms with Crippen molar-refractivity contribution < 1.29 is 17.4 Å². The third-order valence-electron chi connectivity index (χ3n) is 3.27. The van der Waals surface area contributed by atoms with Crippen molar-refractivity contribution in [1.82, 2.24) is 14.4 Å². The van der Waals surface area contributed by atoms with E-state index in [0.717, 1.165) is 0 Å². The summed E-state index contributed by atoms with van der Waals surface area (Å²) in [5.41, 5.74) is 0. The molecule has 7 nitrogen and oxygen atoms in total. The van der Waals surface area contributed by atoms with Crippen LogP contribution in [-0.4, -0.2) is 29.9 Å². The van der Waals surface area contributed by atoms with Gasteiger partial charge in [-0.2, -0.15) is 9.29 Å². The smallest absolute Gasteiger partial charge is 0.244 e. The third-order valence-corrected chi connectivity index (χ3v) is 6.37. The maximum Gasteiger partial charge on any atom is 0.244 e. The van der Waals surface area contributed by atoms with Crippen LogP contribution in [0.3, 0.4) is 0 Å². The van der Waals surface area contributed by atoms with Gasteiger partial charge < -0.3 is 8.94 Å². The van der Waals surface area contributed by atoms with Crippen LogP contribution in [0.25, 0.3) is 10.7 Å². The molecule has 0 aliphatic carbocycles. The van der Waals surface area contributed by atoms with Crippen LogP contribution in [0.4, 0.5) is 0 Å². The van der Waals surface area contributed by atoms with Crippen LogP contribution in [-0.2, 0) is 16.6 Å². The molecular formula is C14H15N3O4S2. The number of aryl methyl sites for hydroxylation is 2. The summed E-state index contributed by atoms with van der Waals surface area (Å²) in [6.07, 6.45) is 1.52. The van der Waals surface area contributed by atoms with E-state index in [-0.39, 0.29) is 11.4 Å². The first-order valence-electron chi connectivity index (χ1n) is 6.78. The normalized spacial score (nSPS) is 12.2. The average molecular weight is 353 g/mol. The molecule has 3 rings (SSSR count). The van der Waals surface area contributed by atoms with Crippen molar-refractivity contribution in [2.75, 3.05) is 7.05 Å². The van der Waals surface area contributed by atoms with Crippen molar-refractivity contribution in [2.24, 2.45) is 0 Å². The fourth-order valence-electron chi connectivity index (χ4n) is 2.11. The van der Waals surface area contributed by atoms with Crippen molar-refractivity contribution in [2.45, 2.75) is 25.3 Å². The summed E-state index contributed by atoms with van der Waals surface area (Å²) in [6.45, 7) is 3.61. The van der Waals surface area contributed by atoms with Gasteiger partial charge in [0.25, 0.3) is 0 Å². The van der Waals surface area contributed by atoms with E-state index in [1.165, 1.54) is 29.0 Å². The van der Waals surface area contributed by atoms with Gasteiger partial charge in [0.05, 0.1) is 22.6 Å². The molecule has 0 aliphatic rings. The van der Waals surface area contributed by atoms with Crippen molar-refractivity contribution in [3.8, 4) is 10.7 Å². The minimum atomic E-state index is -3.63. The first-order valence-corrected chi connectivity index (χ1v) is 9.03. The van der Waals surface area contributed by atoms with Crippen LogP contribution in [0, 0.1) is 13.8 Å². The molecule has 0 saturated carbocycles. The fourth-order valence-corrected chi connectivity index (χ4v) is 4.72. The Kier molecular flexibility index (Phi) is 4.09. The molecule has 23 heavy (non-hydrogen) atoms. The molecule has 9 heteroatoms. The maximum absolute atomic E-state index is 12.8. The zero-order chi connectivity index (χ0) is 16.6. The van der Waals surface area contributed by atoms with Gasteiger partial charge >= 0.3 is 0 Å². The molecule has 0 N–H and O–H groups in total. The Labute approximate surface area is 137 Å². The van der Waals surface area contributed by atoms with Gasteiger partial charge in [-0.1, -0.05) is 5.16 Å². The molecule has 0 fully saturated rings. The van der Waals surface area contributed by atoms with E-state index in [4.69, 9.17) is 8.94 Å². The Morgan fingerprint density at radius 2 is 2.13 bits per heavy atom.